The van der Waals surface area contributed by atoms with Crippen LogP contribution in [-0.2, 0) is 23.8 Å². The number of carbonyl (C=O) groups is 2. The molecule has 0 radical (unpaired) electrons. The SMILES string of the molecule is CC/C=C\C/C=C\C/C=C\C/C=C\C/C=C\CCCC(=O)OC(COCCC/C=C\C/C=C\C/C=C\C/C=C\CC)COC(=O)CCCCCCCCCCCCCCCCCCCCC. The Morgan fingerprint density at radius 1 is 0.348 bits per heavy atom. The van der Waals surface area contributed by atoms with Gasteiger partial charge in [0.05, 0.1) is 6.61 Å². The van der Waals surface area contributed by atoms with Crippen molar-refractivity contribution in [3.63, 3.8) is 0 Å². The van der Waals surface area contributed by atoms with E-state index in [0.717, 1.165) is 89.9 Å². The molecule has 0 spiro atoms. The average Bonchev–Trinajstić information content (AvgIpc) is 3.32. The Balaban J connectivity index is 4.40. The van der Waals surface area contributed by atoms with E-state index in [1.165, 1.54) is 109 Å². The van der Waals surface area contributed by atoms with Crippen LogP contribution >= 0.6 is 0 Å². The van der Waals surface area contributed by atoms with Gasteiger partial charge in [-0.05, 0) is 89.9 Å². The van der Waals surface area contributed by atoms with Crippen LogP contribution < -0.4 is 0 Å². The maximum absolute atomic E-state index is 12.8. The quantitative estimate of drug-likeness (QED) is 0.0346. The molecule has 1 unspecified atom stereocenters. The third kappa shape index (κ3) is 53.2. The molecule has 0 fully saturated rings. The fourth-order valence-corrected chi connectivity index (χ4v) is 7.32. The van der Waals surface area contributed by atoms with E-state index in [1.807, 2.05) is 0 Å². The lowest BCUT2D eigenvalue weighted by atomic mass is 10.0. The maximum Gasteiger partial charge on any atom is 0.306 e. The van der Waals surface area contributed by atoms with Gasteiger partial charge in [0.25, 0.3) is 0 Å². The highest BCUT2D eigenvalue weighted by atomic mass is 16.6. The second kappa shape index (κ2) is 55.9. The van der Waals surface area contributed by atoms with Crippen molar-refractivity contribution < 1.29 is 23.8 Å². The Hall–Kier alpha value is -3.44. The molecule has 0 N–H and O–H groups in total. The van der Waals surface area contributed by atoms with E-state index in [-0.39, 0.29) is 25.2 Å². The fourth-order valence-electron chi connectivity index (χ4n) is 7.32. The second-order valence-corrected chi connectivity index (χ2v) is 17.7. The first-order valence-electron chi connectivity index (χ1n) is 27.4. The van der Waals surface area contributed by atoms with E-state index < -0.39 is 6.10 Å². The summed E-state index contributed by atoms with van der Waals surface area (Å²) in [5.74, 6) is -0.494. The van der Waals surface area contributed by atoms with E-state index in [4.69, 9.17) is 14.2 Å². The van der Waals surface area contributed by atoms with Crippen LogP contribution in [0.25, 0.3) is 0 Å². The van der Waals surface area contributed by atoms with Crippen molar-refractivity contribution in [1.82, 2.24) is 0 Å². The van der Waals surface area contributed by atoms with Crippen molar-refractivity contribution in [1.29, 1.82) is 0 Å². The van der Waals surface area contributed by atoms with Gasteiger partial charge in [-0.2, -0.15) is 0 Å². The molecule has 0 amide bonds. The normalized spacial score (nSPS) is 13.1. The number of allylic oxidation sites excluding steroid dienone is 18. The molecule has 0 aliphatic rings. The van der Waals surface area contributed by atoms with E-state index >= 15 is 0 Å². The molecule has 5 nitrogen and oxygen atoms in total. The number of unbranched alkanes of at least 4 members (excludes halogenated alkanes) is 20. The molecule has 376 valence electrons. The lowest BCUT2D eigenvalue weighted by Gasteiger charge is -2.18. The van der Waals surface area contributed by atoms with Crippen LogP contribution in [0.1, 0.15) is 239 Å². The molecule has 0 saturated carbocycles. The standard InChI is InChI=1S/C61H102O5/c1-4-7-10-13-16-19-22-25-28-30-31-33-34-36-39-42-45-48-51-54-60(62)65-58-59(57-64-56-53-50-47-44-41-38-27-24-21-18-15-12-9-6-3)66-61(63)55-52-49-46-43-40-37-35-32-29-26-23-20-17-14-11-8-5-2/h8-9,11-12,17-18,20-21,26-27,29,35,37-38,43-44,46-47,59H,4-7,10,13-16,19,22-25,28,30-34,36,39-42,45,48-58H2,1-3H3/b11-8-,12-9-,20-17-,21-18-,29-26-,37-35-,38-27-,46-43-,47-44-. The van der Waals surface area contributed by atoms with E-state index in [9.17, 15) is 9.59 Å². The molecule has 0 aliphatic heterocycles. The molecular weight excluding hydrogens is 813 g/mol. The van der Waals surface area contributed by atoms with Crippen molar-refractivity contribution in [3.05, 3.63) is 109 Å². The summed E-state index contributed by atoms with van der Waals surface area (Å²) < 4.78 is 17.3. The van der Waals surface area contributed by atoms with Crippen LogP contribution in [0.4, 0.5) is 0 Å². The topological polar surface area (TPSA) is 61.8 Å². The molecule has 1 atom stereocenters. The molecule has 0 heterocycles. The first-order valence-corrected chi connectivity index (χ1v) is 27.4. The Morgan fingerprint density at radius 3 is 1.08 bits per heavy atom. The predicted molar refractivity (Wildman–Crippen MR) is 288 cm³/mol. The van der Waals surface area contributed by atoms with Gasteiger partial charge in [-0.3, -0.25) is 9.59 Å². The predicted octanol–water partition coefficient (Wildman–Crippen LogP) is 18.8. The smallest absolute Gasteiger partial charge is 0.306 e. The monoisotopic (exact) mass is 915 g/mol. The fraction of sp³-hybridized carbons (Fsp3) is 0.672. The van der Waals surface area contributed by atoms with Gasteiger partial charge in [-0.1, -0.05) is 246 Å². The summed E-state index contributed by atoms with van der Waals surface area (Å²) in [6, 6.07) is 0. The Bertz CT molecular complexity index is 1310. The largest absolute Gasteiger partial charge is 0.462 e. The van der Waals surface area contributed by atoms with Gasteiger partial charge in [0.1, 0.15) is 6.61 Å². The van der Waals surface area contributed by atoms with Crippen molar-refractivity contribution in [3.8, 4) is 0 Å². The number of hydrogen-bond donors (Lipinski definition) is 0. The molecule has 0 aromatic heterocycles. The van der Waals surface area contributed by atoms with Crippen molar-refractivity contribution in [2.24, 2.45) is 0 Å². The highest BCUT2D eigenvalue weighted by Gasteiger charge is 2.17. The van der Waals surface area contributed by atoms with E-state index in [0.29, 0.717) is 25.9 Å². The molecule has 0 aromatic carbocycles. The van der Waals surface area contributed by atoms with Crippen molar-refractivity contribution in [2.75, 3.05) is 19.8 Å². The summed E-state index contributed by atoms with van der Waals surface area (Å²) in [6.45, 7) is 7.41. The summed E-state index contributed by atoms with van der Waals surface area (Å²) in [4.78, 5) is 25.4. The first-order chi connectivity index (χ1) is 32.6. The Kier molecular flexibility index (Phi) is 53.0. The third-order valence-corrected chi connectivity index (χ3v) is 11.3. The summed E-state index contributed by atoms with van der Waals surface area (Å²) in [6.07, 6.45) is 77.0. The minimum atomic E-state index is -0.599. The average molecular weight is 915 g/mol. The summed E-state index contributed by atoms with van der Waals surface area (Å²) in [7, 11) is 0. The highest BCUT2D eigenvalue weighted by Crippen LogP contribution is 2.15. The zero-order valence-electron chi connectivity index (χ0n) is 43.2. The minimum Gasteiger partial charge on any atom is -0.462 e. The zero-order chi connectivity index (χ0) is 47.7. The number of esters is 2. The van der Waals surface area contributed by atoms with Gasteiger partial charge >= 0.3 is 11.9 Å². The summed E-state index contributed by atoms with van der Waals surface area (Å²) >= 11 is 0. The molecule has 0 saturated heterocycles. The third-order valence-electron chi connectivity index (χ3n) is 11.3. The molecule has 66 heavy (non-hydrogen) atoms. The van der Waals surface area contributed by atoms with Gasteiger partial charge in [0, 0.05) is 19.4 Å². The Morgan fingerprint density at radius 2 is 0.682 bits per heavy atom. The minimum absolute atomic E-state index is 0.0370. The van der Waals surface area contributed by atoms with Crippen LogP contribution in [0, 0.1) is 0 Å². The van der Waals surface area contributed by atoms with E-state index in [2.05, 4.69) is 130 Å². The zero-order valence-corrected chi connectivity index (χ0v) is 43.2. The van der Waals surface area contributed by atoms with Gasteiger partial charge in [-0.25, -0.2) is 0 Å². The molecule has 0 bridgehead atoms. The van der Waals surface area contributed by atoms with Crippen LogP contribution in [0.15, 0.2) is 109 Å². The molecule has 0 aromatic rings. The summed E-state index contributed by atoms with van der Waals surface area (Å²) in [5, 5.41) is 0. The van der Waals surface area contributed by atoms with Gasteiger partial charge in [0.2, 0.25) is 0 Å². The number of carbonyl (C=O) groups excluding carboxylic acids is 2. The maximum atomic E-state index is 12.8. The van der Waals surface area contributed by atoms with Crippen LogP contribution in [-0.4, -0.2) is 37.9 Å². The lowest BCUT2D eigenvalue weighted by Crippen LogP contribution is -2.30. The van der Waals surface area contributed by atoms with Crippen molar-refractivity contribution >= 4 is 11.9 Å². The molecule has 5 heteroatoms. The molecule has 0 rings (SSSR count). The highest BCUT2D eigenvalue weighted by molar-refractivity contribution is 5.70. The second-order valence-electron chi connectivity index (χ2n) is 17.7. The lowest BCUT2D eigenvalue weighted by molar-refractivity contribution is -0.162. The van der Waals surface area contributed by atoms with Gasteiger partial charge < -0.3 is 14.2 Å². The van der Waals surface area contributed by atoms with E-state index in [1.54, 1.807) is 0 Å². The molecular formula is C61H102O5. The van der Waals surface area contributed by atoms with Crippen molar-refractivity contribution in [2.45, 2.75) is 245 Å². The number of hydrogen-bond acceptors (Lipinski definition) is 5. The summed E-state index contributed by atoms with van der Waals surface area (Å²) in [5.41, 5.74) is 0. The van der Waals surface area contributed by atoms with Gasteiger partial charge in [-0.15, -0.1) is 0 Å². The van der Waals surface area contributed by atoms with Gasteiger partial charge in [0.15, 0.2) is 6.10 Å². The Labute approximate surface area is 408 Å². The number of rotatable bonds is 49. The molecule has 0 aliphatic carbocycles. The van der Waals surface area contributed by atoms with Crippen LogP contribution in [0.3, 0.4) is 0 Å². The number of ether oxygens (including phenoxy) is 3. The van der Waals surface area contributed by atoms with Crippen LogP contribution in [0.5, 0.6) is 0 Å². The van der Waals surface area contributed by atoms with Crippen LogP contribution in [0.2, 0.25) is 0 Å². The first kappa shape index (κ1) is 62.6.